The quantitative estimate of drug-likeness (QED) is 0.866. The van der Waals surface area contributed by atoms with Gasteiger partial charge in [0.1, 0.15) is 5.75 Å². The summed E-state index contributed by atoms with van der Waals surface area (Å²) < 4.78 is 5.15. The Morgan fingerprint density at radius 1 is 1.35 bits per heavy atom. The molecule has 1 aromatic carbocycles. The van der Waals surface area contributed by atoms with E-state index in [2.05, 4.69) is 0 Å². The SMILES string of the molecule is COc1ccc(CN(C(=O)C(N)C(C)C)C2CC2)cc1. The smallest absolute Gasteiger partial charge is 0.240 e. The Labute approximate surface area is 120 Å². The highest BCUT2D eigenvalue weighted by Gasteiger charge is 2.35. The zero-order valence-electron chi connectivity index (χ0n) is 12.5. The second-order valence-corrected chi connectivity index (χ2v) is 5.82. The van der Waals surface area contributed by atoms with Gasteiger partial charge in [-0.25, -0.2) is 0 Å². The highest BCUT2D eigenvalue weighted by Crippen LogP contribution is 2.29. The maximum Gasteiger partial charge on any atom is 0.240 e. The molecule has 1 aliphatic rings. The van der Waals surface area contributed by atoms with Crippen molar-refractivity contribution >= 4 is 5.91 Å². The van der Waals surface area contributed by atoms with Crippen LogP contribution < -0.4 is 10.5 Å². The molecule has 0 heterocycles. The predicted molar refractivity (Wildman–Crippen MR) is 79.4 cm³/mol. The van der Waals surface area contributed by atoms with Crippen LogP contribution in [0.3, 0.4) is 0 Å². The molecule has 1 aliphatic carbocycles. The third kappa shape index (κ3) is 3.51. The van der Waals surface area contributed by atoms with E-state index in [1.165, 1.54) is 0 Å². The number of nitrogens with zero attached hydrogens (tertiary/aromatic N) is 1. The van der Waals surface area contributed by atoms with Gasteiger partial charge in [-0.1, -0.05) is 26.0 Å². The van der Waals surface area contributed by atoms with Crippen molar-refractivity contribution in [1.82, 2.24) is 4.90 Å². The zero-order valence-corrected chi connectivity index (χ0v) is 12.5. The Hall–Kier alpha value is -1.55. The number of hydrogen-bond acceptors (Lipinski definition) is 3. The van der Waals surface area contributed by atoms with Gasteiger partial charge in [-0.3, -0.25) is 4.79 Å². The van der Waals surface area contributed by atoms with Crippen LogP contribution in [0.2, 0.25) is 0 Å². The predicted octanol–water partition coefficient (Wildman–Crippen LogP) is 2.17. The Morgan fingerprint density at radius 2 is 1.95 bits per heavy atom. The van der Waals surface area contributed by atoms with Gasteiger partial charge in [0, 0.05) is 12.6 Å². The molecule has 1 atom stereocenters. The molecule has 4 nitrogen and oxygen atoms in total. The Morgan fingerprint density at radius 3 is 2.40 bits per heavy atom. The van der Waals surface area contributed by atoms with Gasteiger partial charge in [-0.05, 0) is 36.5 Å². The van der Waals surface area contributed by atoms with Crippen LogP contribution in [0.1, 0.15) is 32.3 Å². The normalized spacial score (nSPS) is 16.1. The Kier molecular flexibility index (Phi) is 4.65. The van der Waals surface area contributed by atoms with E-state index in [1.807, 2.05) is 43.0 Å². The van der Waals surface area contributed by atoms with Gasteiger partial charge >= 0.3 is 0 Å². The Bertz CT molecular complexity index is 452. The molecule has 20 heavy (non-hydrogen) atoms. The second-order valence-electron chi connectivity index (χ2n) is 5.82. The summed E-state index contributed by atoms with van der Waals surface area (Å²) in [5, 5.41) is 0. The molecule has 1 amide bonds. The van der Waals surface area contributed by atoms with Crippen LogP contribution in [0.25, 0.3) is 0 Å². The molecule has 0 aromatic heterocycles. The van der Waals surface area contributed by atoms with E-state index in [9.17, 15) is 4.79 Å². The van der Waals surface area contributed by atoms with E-state index in [4.69, 9.17) is 10.5 Å². The molecule has 4 heteroatoms. The van der Waals surface area contributed by atoms with Crippen LogP contribution in [0.4, 0.5) is 0 Å². The molecule has 0 bridgehead atoms. The van der Waals surface area contributed by atoms with Crippen molar-refractivity contribution in [2.24, 2.45) is 11.7 Å². The van der Waals surface area contributed by atoms with Crippen molar-refractivity contribution in [1.29, 1.82) is 0 Å². The first-order valence-electron chi connectivity index (χ1n) is 7.22. The van der Waals surface area contributed by atoms with E-state index < -0.39 is 6.04 Å². The zero-order chi connectivity index (χ0) is 14.7. The number of rotatable bonds is 6. The number of hydrogen-bond donors (Lipinski definition) is 1. The van der Waals surface area contributed by atoms with Gasteiger partial charge < -0.3 is 15.4 Å². The molecule has 2 N–H and O–H groups in total. The molecule has 0 radical (unpaired) electrons. The van der Waals surface area contributed by atoms with Crippen LogP contribution in [0, 0.1) is 5.92 Å². The van der Waals surface area contributed by atoms with Gasteiger partial charge in [0.25, 0.3) is 0 Å². The fourth-order valence-corrected chi connectivity index (χ4v) is 2.18. The van der Waals surface area contributed by atoms with Gasteiger partial charge in [0.2, 0.25) is 5.91 Å². The first-order chi connectivity index (χ1) is 9.52. The van der Waals surface area contributed by atoms with Crippen molar-refractivity contribution in [3.63, 3.8) is 0 Å². The van der Waals surface area contributed by atoms with Crippen molar-refractivity contribution in [2.45, 2.75) is 45.3 Å². The maximum absolute atomic E-state index is 12.5. The first-order valence-corrected chi connectivity index (χ1v) is 7.22. The standard InChI is InChI=1S/C16H24N2O2/c1-11(2)15(17)16(19)18(13-6-7-13)10-12-4-8-14(20-3)9-5-12/h4-5,8-9,11,13,15H,6-7,10,17H2,1-3H3. The second kappa shape index (κ2) is 6.27. The summed E-state index contributed by atoms with van der Waals surface area (Å²) in [6.45, 7) is 4.61. The monoisotopic (exact) mass is 276 g/mol. The average Bonchev–Trinajstić information content (AvgIpc) is 3.28. The summed E-state index contributed by atoms with van der Waals surface area (Å²) in [5.41, 5.74) is 7.13. The summed E-state index contributed by atoms with van der Waals surface area (Å²) in [6, 6.07) is 7.81. The van der Waals surface area contributed by atoms with E-state index in [-0.39, 0.29) is 11.8 Å². The molecular weight excluding hydrogens is 252 g/mol. The molecule has 2 rings (SSSR count). The minimum atomic E-state index is -0.408. The number of nitrogens with two attached hydrogens (primary N) is 1. The molecule has 0 spiro atoms. The fraction of sp³-hybridized carbons (Fsp3) is 0.562. The van der Waals surface area contributed by atoms with Crippen molar-refractivity contribution in [3.05, 3.63) is 29.8 Å². The largest absolute Gasteiger partial charge is 0.497 e. The highest BCUT2D eigenvalue weighted by atomic mass is 16.5. The van der Waals surface area contributed by atoms with Crippen LogP contribution in [0.5, 0.6) is 5.75 Å². The maximum atomic E-state index is 12.5. The van der Waals surface area contributed by atoms with Crippen LogP contribution in [-0.2, 0) is 11.3 Å². The molecular formula is C16H24N2O2. The average molecular weight is 276 g/mol. The van der Waals surface area contributed by atoms with E-state index in [0.717, 1.165) is 24.2 Å². The van der Waals surface area contributed by atoms with Crippen molar-refractivity contribution in [3.8, 4) is 5.75 Å². The van der Waals surface area contributed by atoms with Crippen LogP contribution in [0.15, 0.2) is 24.3 Å². The van der Waals surface area contributed by atoms with E-state index in [0.29, 0.717) is 12.6 Å². The molecule has 1 unspecified atom stereocenters. The number of amides is 1. The first kappa shape index (κ1) is 14.9. The number of carbonyl (C=O) groups is 1. The van der Waals surface area contributed by atoms with Gasteiger partial charge in [0.15, 0.2) is 0 Å². The third-order valence-corrected chi connectivity index (χ3v) is 3.79. The minimum absolute atomic E-state index is 0.0679. The lowest BCUT2D eigenvalue weighted by molar-refractivity contribution is -0.134. The lowest BCUT2D eigenvalue weighted by Gasteiger charge is -2.27. The molecule has 0 aliphatic heterocycles. The number of methoxy groups -OCH3 is 1. The van der Waals surface area contributed by atoms with E-state index in [1.54, 1.807) is 7.11 Å². The highest BCUT2D eigenvalue weighted by molar-refractivity contribution is 5.82. The minimum Gasteiger partial charge on any atom is -0.497 e. The topological polar surface area (TPSA) is 55.6 Å². The van der Waals surface area contributed by atoms with E-state index >= 15 is 0 Å². The molecule has 0 saturated heterocycles. The summed E-state index contributed by atoms with van der Waals surface area (Å²) in [5.74, 6) is 1.06. The molecule has 110 valence electrons. The number of ether oxygens (including phenoxy) is 1. The molecule has 1 fully saturated rings. The van der Waals surface area contributed by atoms with Crippen LogP contribution in [-0.4, -0.2) is 30.0 Å². The summed E-state index contributed by atoms with van der Waals surface area (Å²) in [4.78, 5) is 14.4. The lowest BCUT2D eigenvalue weighted by Crippen LogP contribution is -2.47. The van der Waals surface area contributed by atoms with Crippen LogP contribution >= 0.6 is 0 Å². The number of carbonyl (C=O) groups excluding carboxylic acids is 1. The van der Waals surface area contributed by atoms with Gasteiger partial charge in [0.05, 0.1) is 13.2 Å². The summed E-state index contributed by atoms with van der Waals surface area (Å²) in [7, 11) is 1.65. The van der Waals surface area contributed by atoms with Gasteiger partial charge in [-0.2, -0.15) is 0 Å². The number of benzene rings is 1. The lowest BCUT2D eigenvalue weighted by atomic mass is 10.0. The fourth-order valence-electron chi connectivity index (χ4n) is 2.18. The van der Waals surface area contributed by atoms with Crippen molar-refractivity contribution in [2.75, 3.05) is 7.11 Å². The third-order valence-electron chi connectivity index (χ3n) is 3.79. The molecule has 1 saturated carbocycles. The summed E-state index contributed by atoms with van der Waals surface area (Å²) in [6.07, 6.45) is 2.18. The van der Waals surface area contributed by atoms with Crippen molar-refractivity contribution < 1.29 is 9.53 Å². The molecule has 1 aromatic rings. The summed E-state index contributed by atoms with van der Waals surface area (Å²) >= 11 is 0. The Balaban J connectivity index is 2.07. The van der Waals surface area contributed by atoms with Gasteiger partial charge in [-0.15, -0.1) is 0 Å².